The van der Waals surface area contributed by atoms with Crippen molar-refractivity contribution in [1.29, 1.82) is 0 Å². The molecule has 30 heavy (non-hydrogen) atoms. The fourth-order valence-corrected chi connectivity index (χ4v) is 3.19. The fraction of sp³-hybridized carbons (Fsp3) is 0.200. The monoisotopic (exact) mass is 403 g/mol. The first kappa shape index (κ1) is 21.1. The highest BCUT2D eigenvalue weighted by atomic mass is 16.5. The summed E-state index contributed by atoms with van der Waals surface area (Å²) < 4.78 is 5.23. The van der Waals surface area contributed by atoms with E-state index in [0.29, 0.717) is 31.7 Å². The lowest BCUT2D eigenvalue weighted by Gasteiger charge is -2.23. The Kier molecular flexibility index (Phi) is 7.61. The van der Waals surface area contributed by atoms with Gasteiger partial charge in [-0.3, -0.25) is 4.79 Å². The number of hydrogen-bond donors (Lipinski definition) is 1. The second kappa shape index (κ2) is 10.8. The molecule has 0 aliphatic rings. The summed E-state index contributed by atoms with van der Waals surface area (Å²) in [6.07, 6.45) is 0.922. The van der Waals surface area contributed by atoms with Crippen LogP contribution in [0.4, 0.5) is 0 Å². The number of carboxylic acid groups (broad SMARTS) is 1. The Morgan fingerprint density at radius 3 is 1.90 bits per heavy atom. The summed E-state index contributed by atoms with van der Waals surface area (Å²) in [4.78, 5) is 25.6. The highest BCUT2D eigenvalue weighted by Gasteiger charge is 2.15. The van der Waals surface area contributed by atoms with Crippen LogP contribution in [0.3, 0.4) is 0 Å². The number of benzene rings is 3. The van der Waals surface area contributed by atoms with Crippen LogP contribution in [0.25, 0.3) is 0 Å². The molecular weight excluding hydrogens is 378 g/mol. The van der Waals surface area contributed by atoms with E-state index in [1.165, 1.54) is 0 Å². The van der Waals surface area contributed by atoms with Crippen LogP contribution in [-0.4, -0.2) is 28.5 Å². The molecule has 0 saturated carbocycles. The number of aryl methyl sites for hydroxylation is 1. The molecule has 3 rings (SSSR count). The summed E-state index contributed by atoms with van der Waals surface area (Å²) in [5, 5.41) is 8.75. The maximum Gasteiger partial charge on any atom is 0.341 e. The van der Waals surface area contributed by atoms with E-state index in [4.69, 9.17) is 9.84 Å². The standard InChI is InChI=1S/C25H25NO4/c27-24(15-14-20-12-7-13-23(16-20)30-19-25(28)29)26(17-21-8-3-1-4-9-21)18-22-10-5-2-6-11-22/h1-13,16H,14-15,17-19H2,(H,28,29). The van der Waals surface area contributed by atoms with Gasteiger partial charge >= 0.3 is 5.97 Å². The molecule has 0 saturated heterocycles. The zero-order valence-corrected chi connectivity index (χ0v) is 16.7. The predicted octanol–water partition coefficient (Wildman–Crippen LogP) is 4.31. The number of hydrogen-bond acceptors (Lipinski definition) is 3. The van der Waals surface area contributed by atoms with Crippen LogP contribution in [-0.2, 0) is 29.1 Å². The Bertz CT molecular complexity index is 916. The van der Waals surface area contributed by atoms with Gasteiger partial charge in [0.1, 0.15) is 5.75 Å². The summed E-state index contributed by atoms with van der Waals surface area (Å²) in [6, 6.07) is 27.1. The summed E-state index contributed by atoms with van der Waals surface area (Å²) in [5.41, 5.74) is 3.11. The molecule has 0 atom stereocenters. The van der Waals surface area contributed by atoms with E-state index in [9.17, 15) is 9.59 Å². The zero-order valence-electron chi connectivity index (χ0n) is 16.7. The first-order chi connectivity index (χ1) is 14.6. The summed E-state index contributed by atoms with van der Waals surface area (Å²) in [5.74, 6) is -0.458. The molecule has 1 N–H and O–H groups in total. The third-order valence-corrected chi connectivity index (χ3v) is 4.67. The van der Waals surface area contributed by atoms with Gasteiger partial charge in [-0.25, -0.2) is 4.79 Å². The summed E-state index contributed by atoms with van der Waals surface area (Å²) >= 11 is 0. The van der Waals surface area contributed by atoms with Crippen molar-refractivity contribution in [3.63, 3.8) is 0 Å². The van der Waals surface area contributed by atoms with E-state index >= 15 is 0 Å². The second-order valence-corrected chi connectivity index (χ2v) is 7.05. The number of carboxylic acids is 1. The predicted molar refractivity (Wildman–Crippen MR) is 115 cm³/mol. The molecule has 0 spiro atoms. The zero-order chi connectivity index (χ0) is 21.2. The second-order valence-electron chi connectivity index (χ2n) is 7.05. The van der Waals surface area contributed by atoms with Gasteiger partial charge in [-0.05, 0) is 35.2 Å². The van der Waals surface area contributed by atoms with Gasteiger partial charge in [0.25, 0.3) is 0 Å². The number of ether oxygens (including phenoxy) is 1. The lowest BCUT2D eigenvalue weighted by atomic mass is 10.1. The molecular formula is C25H25NO4. The number of rotatable bonds is 10. The van der Waals surface area contributed by atoms with Gasteiger partial charge in [-0.15, -0.1) is 0 Å². The maximum absolute atomic E-state index is 13.0. The number of carbonyl (C=O) groups is 2. The van der Waals surface area contributed by atoms with Crippen LogP contribution < -0.4 is 4.74 Å². The Morgan fingerprint density at radius 1 is 0.767 bits per heavy atom. The van der Waals surface area contributed by atoms with Crippen LogP contribution in [0.15, 0.2) is 84.9 Å². The highest BCUT2D eigenvalue weighted by molar-refractivity contribution is 5.76. The number of nitrogens with zero attached hydrogens (tertiary/aromatic N) is 1. The molecule has 0 fully saturated rings. The molecule has 1 amide bonds. The smallest absolute Gasteiger partial charge is 0.341 e. The number of carbonyl (C=O) groups excluding carboxylic acids is 1. The lowest BCUT2D eigenvalue weighted by Crippen LogP contribution is -2.30. The van der Waals surface area contributed by atoms with Crippen molar-refractivity contribution in [1.82, 2.24) is 4.90 Å². The van der Waals surface area contributed by atoms with Crippen LogP contribution in [0, 0.1) is 0 Å². The quantitative estimate of drug-likeness (QED) is 0.548. The van der Waals surface area contributed by atoms with Gasteiger partial charge in [0.15, 0.2) is 6.61 Å². The third-order valence-electron chi connectivity index (χ3n) is 4.67. The van der Waals surface area contributed by atoms with Gasteiger partial charge in [0, 0.05) is 19.5 Å². The molecule has 0 aromatic heterocycles. The van der Waals surface area contributed by atoms with E-state index in [2.05, 4.69) is 0 Å². The largest absolute Gasteiger partial charge is 0.482 e. The van der Waals surface area contributed by atoms with Crippen molar-refractivity contribution in [3.05, 3.63) is 102 Å². The van der Waals surface area contributed by atoms with Crippen LogP contribution in [0.1, 0.15) is 23.1 Å². The first-order valence-corrected chi connectivity index (χ1v) is 9.89. The molecule has 0 aliphatic heterocycles. The molecule has 5 heteroatoms. The lowest BCUT2D eigenvalue weighted by molar-refractivity contribution is -0.139. The number of amides is 1. The fourth-order valence-electron chi connectivity index (χ4n) is 3.19. The van der Waals surface area contributed by atoms with Gasteiger partial charge in [-0.2, -0.15) is 0 Å². The summed E-state index contributed by atoms with van der Waals surface area (Å²) in [7, 11) is 0. The Hall–Kier alpha value is -3.60. The molecule has 3 aromatic carbocycles. The van der Waals surface area contributed by atoms with Crippen molar-refractivity contribution in [2.45, 2.75) is 25.9 Å². The Balaban J connectivity index is 1.65. The van der Waals surface area contributed by atoms with Gasteiger partial charge < -0.3 is 14.7 Å². The highest BCUT2D eigenvalue weighted by Crippen LogP contribution is 2.17. The minimum absolute atomic E-state index is 0.0690. The van der Waals surface area contributed by atoms with Gasteiger partial charge in [0.05, 0.1) is 0 Å². The van der Waals surface area contributed by atoms with E-state index < -0.39 is 5.97 Å². The van der Waals surface area contributed by atoms with E-state index in [-0.39, 0.29) is 12.5 Å². The molecule has 0 aliphatic carbocycles. The SMILES string of the molecule is O=C(O)COc1cccc(CCC(=O)N(Cc2ccccc2)Cc2ccccc2)c1. The summed E-state index contributed by atoms with van der Waals surface area (Å²) in [6.45, 7) is 0.719. The minimum Gasteiger partial charge on any atom is -0.482 e. The van der Waals surface area contributed by atoms with Crippen molar-refractivity contribution < 1.29 is 19.4 Å². The Labute approximate surface area is 176 Å². The van der Waals surface area contributed by atoms with Gasteiger partial charge in [-0.1, -0.05) is 72.8 Å². The van der Waals surface area contributed by atoms with Crippen LogP contribution in [0.5, 0.6) is 5.75 Å². The van der Waals surface area contributed by atoms with Crippen LogP contribution in [0.2, 0.25) is 0 Å². The molecule has 0 heterocycles. The van der Waals surface area contributed by atoms with E-state index in [1.54, 1.807) is 12.1 Å². The molecule has 0 unspecified atom stereocenters. The first-order valence-electron chi connectivity index (χ1n) is 9.89. The molecule has 5 nitrogen and oxygen atoms in total. The Morgan fingerprint density at radius 2 is 1.33 bits per heavy atom. The maximum atomic E-state index is 13.0. The topological polar surface area (TPSA) is 66.8 Å². The molecule has 3 aromatic rings. The van der Waals surface area contributed by atoms with Crippen molar-refractivity contribution in [2.24, 2.45) is 0 Å². The van der Waals surface area contributed by atoms with Crippen molar-refractivity contribution >= 4 is 11.9 Å². The van der Waals surface area contributed by atoms with Crippen molar-refractivity contribution in [2.75, 3.05) is 6.61 Å². The normalized spacial score (nSPS) is 10.4. The number of aliphatic carboxylic acids is 1. The molecule has 154 valence electrons. The van der Waals surface area contributed by atoms with Gasteiger partial charge in [0.2, 0.25) is 5.91 Å². The van der Waals surface area contributed by atoms with E-state index in [0.717, 1.165) is 16.7 Å². The molecule has 0 bridgehead atoms. The molecule has 0 radical (unpaired) electrons. The minimum atomic E-state index is -1.02. The average Bonchev–Trinajstić information content (AvgIpc) is 2.77. The van der Waals surface area contributed by atoms with E-state index in [1.807, 2.05) is 77.7 Å². The van der Waals surface area contributed by atoms with Crippen molar-refractivity contribution in [3.8, 4) is 5.75 Å². The average molecular weight is 403 g/mol. The third kappa shape index (κ3) is 6.78. The van der Waals surface area contributed by atoms with Crippen LogP contribution >= 0.6 is 0 Å².